The Balaban J connectivity index is 1.75. The highest BCUT2D eigenvalue weighted by Crippen LogP contribution is 2.33. The summed E-state index contributed by atoms with van der Waals surface area (Å²) in [6.07, 6.45) is 2.03. The molecule has 2 nitrogen and oxygen atoms in total. The minimum atomic E-state index is 0.535. The molecule has 0 radical (unpaired) electrons. The average molecular weight is 333 g/mol. The second kappa shape index (κ2) is 5.88. The zero-order valence-electron chi connectivity index (χ0n) is 11.5. The van der Waals surface area contributed by atoms with E-state index in [9.17, 15) is 0 Å². The van der Waals surface area contributed by atoms with Gasteiger partial charge in [0, 0.05) is 16.5 Å². The zero-order chi connectivity index (χ0) is 13.9. The SMILES string of the molecule is CCc1ccc(OCc2cc(Br)cc3c2OCC3)cc1. The lowest BCUT2D eigenvalue weighted by Crippen LogP contribution is -1.99. The molecule has 20 heavy (non-hydrogen) atoms. The van der Waals surface area contributed by atoms with Crippen LogP contribution >= 0.6 is 15.9 Å². The van der Waals surface area contributed by atoms with Gasteiger partial charge in [-0.2, -0.15) is 0 Å². The van der Waals surface area contributed by atoms with Crippen LogP contribution in [0, 0.1) is 0 Å². The molecule has 0 atom stereocenters. The summed E-state index contributed by atoms with van der Waals surface area (Å²) in [7, 11) is 0. The van der Waals surface area contributed by atoms with Crippen LogP contribution in [0.25, 0.3) is 0 Å². The molecule has 2 aromatic carbocycles. The molecule has 0 unspecified atom stereocenters. The van der Waals surface area contributed by atoms with Crippen LogP contribution in [0.3, 0.4) is 0 Å². The van der Waals surface area contributed by atoms with E-state index in [0.29, 0.717) is 6.61 Å². The molecule has 2 aromatic rings. The maximum Gasteiger partial charge on any atom is 0.129 e. The van der Waals surface area contributed by atoms with Crippen LogP contribution in [0.2, 0.25) is 0 Å². The van der Waals surface area contributed by atoms with Crippen molar-refractivity contribution in [2.45, 2.75) is 26.4 Å². The van der Waals surface area contributed by atoms with E-state index in [1.807, 2.05) is 12.1 Å². The molecular weight excluding hydrogens is 316 g/mol. The molecule has 1 aliphatic rings. The van der Waals surface area contributed by atoms with Gasteiger partial charge < -0.3 is 9.47 Å². The minimum Gasteiger partial charge on any atom is -0.493 e. The molecule has 104 valence electrons. The molecule has 1 aliphatic heterocycles. The van der Waals surface area contributed by atoms with Crippen LogP contribution in [0.15, 0.2) is 40.9 Å². The number of hydrogen-bond donors (Lipinski definition) is 0. The van der Waals surface area contributed by atoms with Gasteiger partial charge in [0.05, 0.1) is 6.61 Å². The van der Waals surface area contributed by atoms with E-state index in [1.165, 1.54) is 11.1 Å². The average Bonchev–Trinajstić information content (AvgIpc) is 2.93. The number of aryl methyl sites for hydroxylation is 1. The Kier molecular flexibility index (Phi) is 3.97. The summed E-state index contributed by atoms with van der Waals surface area (Å²) in [5.41, 5.74) is 3.69. The van der Waals surface area contributed by atoms with Crippen LogP contribution in [-0.2, 0) is 19.4 Å². The predicted octanol–water partition coefficient (Wildman–Crippen LogP) is 4.53. The Bertz CT molecular complexity index is 605. The molecule has 0 bridgehead atoms. The van der Waals surface area contributed by atoms with Gasteiger partial charge in [-0.3, -0.25) is 0 Å². The van der Waals surface area contributed by atoms with Crippen molar-refractivity contribution < 1.29 is 9.47 Å². The van der Waals surface area contributed by atoms with Crippen LogP contribution in [0.4, 0.5) is 0 Å². The summed E-state index contributed by atoms with van der Waals surface area (Å²) in [6.45, 7) is 3.45. The standard InChI is InChI=1S/C17H17BrO2/c1-2-12-3-5-16(6-4-12)20-11-14-10-15(18)9-13-7-8-19-17(13)14/h3-6,9-10H,2,7-8,11H2,1H3. The van der Waals surface area contributed by atoms with Crippen LogP contribution in [0.5, 0.6) is 11.5 Å². The third kappa shape index (κ3) is 2.83. The molecule has 0 spiro atoms. The Morgan fingerprint density at radius 2 is 2.00 bits per heavy atom. The Morgan fingerprint density at radius 3 is 2.75 bits per heavy atom. The summed E-state index contributed by atoms with van der Waals surface area (Å²) in [4.78, 5) is 0. The quantitative estimate of drug-likeness (QED) is 0.819. The van der Waals surface area contributed by atoms with Crippen LogP contribution in [0.1, 0.15) is 23.6 Å². The Hall–Kier alpha value is -1.48. The monoisotopic (exact) mass is 332 g/mol. The number of rotatable bonds is 4. The Morgan fingerprint density at radius 1 is 1.20 bits per heavy atom. The highest BCUT2D eigenvalue weighted by molar-refractivity contribution is 9.10. The van der Waals surface area contributed by atoms with E-state index in [2.05, 4.69) is 47.1 Å². The van der Waals surface area contributed by atoms with Crippen LogP contribution < -0.4 is 9.47 Å². The van der Waals surface area contributed by atoms with Gasteiger partial charge in [-0.05, 0) is 41.8 Å². The maximum atomic E-state index is 5.87. The lowest BCUT2D eigenvalue weighted by molar-refractivity contribution is 0.292. The van der Waals surface area contributed by atoms with Gasteiger partial charge in [0.1, 0.15) is 18.1 Å². The van der Waals surface area contributed by atoms with E-state index < -0.39 is 0 Å². The molecule has 3 rings (SSSR count). The summed E-state index contributed by atoms with van der Waals surface area (Å²) >= 11 is 3.55. The predicted molar refractivity (Wildman–Crippen MR) is 83.5 cm³/mol. The second-order valence-electron chi connectivity index (χ2n) is 4.94. The summed E-state index contributed by atoms with van der Waals surface area (Å²) < 4.78 is 12.7. The highest BCUT2D eigenvalue weighted by Gasteiger charge is 2.17. The lowest BCUT2D eigenvalue weighted by Gasteiger charge is -2.11. The maximum absolute atomic E-state index is 5.87. The molecule has 0 aromatic heterocycles. The van der Waals surface area contributed by atoms with Gasteiger partial charge >= 0.3 is 0 Å². The van der Waals surface area contributed by atoms with Crippen molar-refractivity contribution in [3.8, 4) is 11.5 Å². The fraction of sp³-hybridized carbons (Fsp3) is 0.294. The third-order valence-corrected chi connectivity index (χ3v) is 4.01. The number of halogens is 1. The fourth-order valence-electron chi connectivity index (χ4n) is 2.44. The Labute approximate surface area is 127 Å². The van der Waals surface area contributed by atoms with Gasteiger partial charge in [-0.1, -0.05) is 35.0 Å². The van der Waals surface area contributed by atoms with Crippen molar-refractivity contribution >= 4 is 15.9 Å². The number of hydrogen-bond acceptors (Lipinski definition) is 2. The van der Waals surface area contributed by atoms with E-state index in [4.69, 9.17) is 9.47 Å². The molecule has 0 saturated heterocycles. The minimum absolute atomic E-state index is 0.535. The van der Waals surface area contributed by atoms with Gasteiger partial charge in [0.2, 0.25) is 0 Å². The first-order valence-electron chi connectivity index (χ1n) is 6.92. The molecule has 0 fully saturated rings. The van der Waals surface area contributed by atoms with Gasteiger partial charge in [-0.25, -0.2) is 0 Å². The molecule has 0 N–H and O–H groups in total. The van der Waals surface area contributed by atoms with E-state index in [0.717, 1.165) is 41.0 Å². The molecule has 3 heteroatoms. The highest BCUT2D eigenvalue weighted by atomic mass is 79.9. The topological polar surface area (TPSA) is 18.5 Å². The van der Waals surface area contributed by atoms with E-state index >= 15 is 0 Å². The normalized spacial score (nSPS) is 12.9. The van der Waals surface area contributed by atoms with Crippen molar-refractivity contribution in [2.24, 2.45) is 0 Å². The van der Waals surface area contributed by atoms with Crippen molar-refractivity contribution in [1.29, 1.82) is 0 Å². The van der Waals surface area contributed by atoms with Crippen LogP contribution in [-0.4, -0.2) is 6.61 Å². The summed E-state index contributed by atoms with van der Waals surface area (Å²) in [5, 5.41) is 0. The van der Waals surface area contributed by atoms with Crippen molar-refractivity contribution in [3.05, 3.63) is 57.6 Å². The number of ether oxygens (including phenoxy) is 2. The number of benzene rings is 2. The molecule has 1 heterocycles. The van der Waals surface area contributed by atoms with Crippen molar-refractivity contribution in [3.63, 3.8) is 0 Å². The van der Waals surface area contributed by atoms with E-state index in [1.54, 1.807) is 0 Å². The first-order valence-corrected chi connectivity index (χ1v) is 7.71. The van der Waals surface area contributed by atoms with Crippen molar-refractivity contribution in [1.82, 2.24) is 0 Å². The van der Waals surface area contributed by atoms with E-state index in [-0.39, 0.29) is 0 Å². The summed E-state index contributed by atoms with van der Waals surface area (Å²) in [6, 6.07) is 12.5. The molecular formula is C17H17BrO2. The largest absolute Gasteiger partial charge is 0.493 e. The first kappa shape index (κ1) is 13.5. The van der Waals surface area contributed by atoms with Crippen molar-refractivity contribution in [2.75, 3.05) is 6.61 Å². The third-order valence-electron chi connectivity index (χ3n) is 3.55. The molecule has 0 amide bonds. The fourth-order valence-corrected chi connectivity index (χ4v) is 2.99. The lowest BCUT2D eigenvalue weighted by atomic mass is 10.1. The number of fused-ring (bicyclic) bond motifs is 1. The van der Waals surface area contributed by atoms with Gasteiger partial charge in [0.25, 0.3) is 0 Å². The zero-order valence-corrected chi connectivity index (χ0v) is 13.1. The molecule has 0 aliphatic carbocycles. The first-order chi connectivity index (χ1) is 9.76. The van der Waals surface area contributed by atoms with Gasteiger partial charge in [-0.15, -0.1) is 0 Å². The molecule has 0 saturated carbocycles. The van der Waals surface area contributed by atoms with Gasteiger partial charge in [0.15, 0.2) is 0 Å². The smallest absolute Gasteiger partial charge is 0.129 e. The summed E-state index contributed by atoms with van der Waals surface area (Å²) in [5.74, 6) is 1.90. The second-order valence-corrected chi connectivity index (χ2v) is 5.85.